The fraction of sp³-hybridized carbons (Fsp3) is 0. The molecule has 14 heavy (non-hydrogen) atoms. The third-order valence-electron chi connectivity index (χ3n) is 1.80. The highest BCUT2D eigenvalue weighted by atomic mass is 79.9. The van der Waals surface area contributed by atoms with E-state index in [-0.39, 0.29) is 5.56 Å². The third-order valence-corrected chi connectivity index (χ3v) is 2.87. The molecule has 0 atom stereocenters. The van der Waals surface area contributed by atoms with E-state index >= 15 is 0 Å². The smallest absolute Gasteiger partial charge is 0.279 e. The van der Waals surface area contributed by atoms with E-state index in [2.05, 4.69) is 36.8 Å². The minimum atomic E-state index is -0.267. The van der Waals surface area contributed by atoms with E-state index in [1.807, 2.05) is 6.07 Å². The quantitative estimate of drug-likeness (QED) is 0.751. The Hall–Kier alpha value is -0.880. The molecular weight excluding hydrogens is 314 g/mol. The van der Waals surface area contributed by atoms with Crippen LogP contribution in [-0.2, 0) is 0 Å². The Kier molecular flexibility index (Phi) is 2.32. The number of aromatic nitrogens is 2. The molecule has 4 nitrogen and oxygen atoms in total. The summed E-state index contributed by atoms with van der Waals surface area (Å²) in [5.74, 6) is 5.40. The van der Waals surface area contributed by atoms with Crippen LogP contribution in [0.3, 0.4) is 0 Å². The van der Waals surface area contributed by atoms with Crippen LogP contribution in [0.5, 0.6) is 0 Å². The summed E-state index contributed by atoms with van der Waals surface area (Å²) in [5.41, 5.74) is 0.344. The van der Waals surface area contributed by atoms with Crippen LogP contribution >= 0.6 is 31.9 Å². The van der Waals surface area contributed by atoms with Crippen LogP contribution in [0.2, 0.25) is 0 Å². The third kappa shape index (κ3) is 1.44. The first-order chi connectivity index (χ1) is 6.59. The minimum absolute atomic E-state index is 0.267. The van der Waals surface area contributed by atoms with Gasteiger partial charge in [0.2, 0.25) is 0 Å². The highest BCUT2D eigenvalue weighted by Gasteiger charge is 2.06. The zero-order valence-electron chi connectivity index (χ0n) is 6.87. The summed E-state index contributed by atoms with van der Waals surface area (Å²) < 4.78 is 2.53. The average Bonchev–Trinajstić information content (AvgIpc) is 2.12. The Morgan fingerprint density at radius 3 is 2.79 bits per heavy atom. The van der Waals surface area contributed by atoms with Gasteiger partial charge >= 0.3 is 0 Å². The van der Waals surface area contributed by atoms with E-state index in [4.69, 9.17) is 5.84 Å². The first-order valence-electron chi connectivity index (χ1n) is 3.71. The molecule has 0 aliphatic rings. The number of nitrogens with zero attached hydrogens (tertiary/aromatic N) is 2. The van der Waals surface area contributed by atoms with Gasteiger partial charge in [-0.3, -0.25) is 4.79 Å². The standard InChI is InChI=1S/C8H5Br2N3O/c9-4-1-5-7(6(10)2-4)12-3-13(11)8(5)14/h1-3H,11H2. The first-order valence-corrected chi connectivity index (χ1v) is 5.29. The second kappa shape index (κ2) is 3.36. The van der Waals surface area contributed by atoms with Crippen LogP contribution in [-0.4, -0.2) is 9.66 Å². The van der Waals surface area contributed by atoms with E-state index in [9.17, 15) is 4.79 Å². The molecule has 0 amide bonds. The normalized spacial score (nSPS) is 10.7. The number of nitrogen functional groups attached to an aromatic ring is 1. The maximum absolute atomic E-state index is 11.6. The Bertz CT molecular complexity index is 564. The number of rotatable bonds is 0. The molecule has 1 heterocycles. The van der Waals surface area contributed by atoms with Gasteiger partial charge in [0.05, 0.1) is 10.9 Å². The van der Waals surface area contributed by atoms with Gasteiger partial charge in [-0.2, -0.15) is 0 Å². The number of benzene rings is 1. The molecule has 0 saturated heterocycles. The molecule has 0 spiro atoms. The van der Waals surface area contributed by atoms with E-state index in [1.54, 1.807) is 6.07 Å². The molecule has 1 aromatic carbocycles. The summed E-state index contributed by atoms with van der Waals surface area (Å²) in [5, 5.41) is 0.483. The summed E-state index contributed by atoms with van der Waals surface area (Å²) in [4.78, 5) is 15.6. The van der Waals surface area contributed by atoms with Crippen molar-refractivity contribution in [3.63, 3.8) is 0 Å². The molecular formula is C8H5Br2N3O. The number of hydrogen-bond donors (Lipinski definition) is 1. The van der Waals surface area contributed by atoms with E-state index < -0.39 is 0 Å². The van der Waals surface area contributed by atoms with E-state index in [0.29, 0.717) is 10.9 Å². The van der Waals surface area contributed by atoms with Crippen molar-refractivity contribution in [2.24, 2.45) is 0 Å². The zero-order valence-corrected chi connectivity index (χ0v) is 10.0. The minimum Gasteiger partial charge on any atom is -0.335 e. The monoisotopic (exact) mass is 317 g/mol. The van der Waals surface area contributed by atoms with Crippen LogP contribution in [0.25, 0.3) is 10.9 Å². The Morgan fingerprint density at radius 2 is 2.07 bits per heavy atom. The molecule has 0 unspecified atom stereocenters. The molecule has 72 valence electrons. The molecule has 0 bridgehead atoms. The van der Waals surface area contributed by atoms with Gasteiger partial charge in [-0.1, -0.05) is 15.9 Å². The molecule has 0 aliphatic heterocycles. The van der Waals surface area contributed by atoms with Crippen molar-refractivity contribution in [1.82, 2.24) is 9.66 Å². The van der Waals surface area contributed by atoms with Crippen molar-refractivity contribution in [3.8, 4) is 0 Å². The van der Waals surface area contributed by atoms with Crippen molar-refractivity contribution in [1.29, 1.82) is 0 Å². The van der Waals surface area contributed by atoms with Crippen molar-refractivity contribution < 1.29 is 0 Å². The predicted octanol–water partition coefficient (Wildman–Crippen LogP) is 1.64. The number of fused-ring (bicyclic) bond motifs is 1. The van der Waals surface area contributed by atoms with Crippen molar-refractivity contribution in [2.45, 2.75) is 0 Å². The molecule has 2 rings (SSSR count). The van der Waals surface area contributed by atoms with Gasteiger partial charge in [-0.05, 0) is 28.1 Å². The molecule has 0 saturated carbocycles. The Balaban J connectivity index is 3.03. The fourth-order valence-electron chi connectivity index (χ4n) is 1.17. The van der Waals surface area contributed by atoms with Crippen molar-refractivity contribution >= 4 is 42.8 Å². The lowest BCUT2D eigenvalue weighted by atomic mass is 10.2. The molecule has 0 fully saturated rings. The summed E-state index contributed by atoms with van der Waals surface area (Å²) in [6, 6.07) is 3.52. The number of halogens is 2. The summed E-state index contributed by atoms with van der Waals surface area (Å²) in [6.07, 6.45) is 1.29. The lowest BCUT2D eigenvalue weighted by Crippen LogP contribution is -2.27. The molecule has 2 N–H and O–H groups in total. The van der Waals surface area contributed by atoms with Crippen molar-refractivity contribution in [2.75, 3.05) is 5.84 Å². The van der Waals surface area contributed by atoms with E-state index in [0.717, 1.165) is 13.6 Å². The summed E-state index contributed by atoms with van der Waals surface area (Å²) in [7, 11) is 0. The van der Waals surface area contributed by atoms with Crippen LogP contribution in [0.15, 0.2) is 32.2 Å². The molecule has 2 aromatic rings. The Morgan fingerprint density at radius 1 is 1.36 bits per heavy atom. The Labute approximate surface area is 96.0 Å². The second-order valence-electron chi connectivity index (χ2n) is 2.74. The fourth-order valence-corrected chi connectivity index (χ4v) is 2.50. The SMILES string of the molecule is Nn1cnc2c(Br)cc(Br)cc2c1=O. The van der Waals surface area contributed by atoms with Crippen LogP contribution in [0.4, 0.5) is 0 Å². The second-order valence-corrected chi connectivity index (χ2v) is 4.51. The molecule has 0 aliphatic carbocycles. The average molecular weight is 319 g/mol. The number of nitrogens with two attached hydrogens (primary N) is 1. The lowest BCUT2D eigenvalue weighted by Gasteiger charge is -2.02. The summed E-state index contributed by atoms with van der Waals surface area (Å²) >= 11 is 6.62. The lowest BCUT2D eigenvalue weighted by molar-refractivity contribution is 0.913. The zero-order chi connectivity index (χ0) is 10.3. The van der Waals surface area contributed by atoms with Gasteiger partial charge in [0.15, 0.2) is 0 Å². The largest absolute Gasteiger partial charge is 0.335 e. The molecule has 0 radical (unpaired) electrons. The highest BCUT2D eigenvalue weighted by Crippen LogP contribution is 2.24. The highest BCUT2D eigenvalue weighted by molar-refractivity contribution is 9.11. The van der Waals surface area contributed by atoms with Crippen LogP contribution in [0, 0.1) is 0 Å². The van der Waals surface area contributed by atoms with Crippen molar-refractivity contribution in [3.05, 3.63) is 37.8 Å². The van der Waals surface area contributed by atoms with Gasteiger partial charge < -0.3 is 5.84 Å². The maximum Gasteiger partial charge on any atom is 0.279 e. The van der Waals surface area contributed by atoms with Gasteiger partial charge in [-0.15, -0.1) is 0 Å². The van der Waals surface area contributed by atoms with E-state index in [1.165, 1.54) is 6.33 Å². The molecule has 6 heteroatoms. The van der Waals surface area contributed by atoms with Crippen LogP contribution in [0.1, 0.15) is 0 Å². The summed E-state index contributed by atoms with van der Waals surface area (Å²) in [6.45, 7) is 0. The predicted molar refractivity (Wildman–Crippen MR) is 61.6 cm³/mol. The van der Waals surface area contributed by atoms with Gasteiger partial charge in [-0.25, -0.2) is 9.66 Å². The van der Waals surface area contributed by atoms with Gasteiger partial charge in [0.25, 0.3) is 5.56 Å². The molecule has 1 aromatic heterocycles. The van der Waals surface area contributed by atoms with Gasteiger partial charge in [0.1, 0.15) is 6.33 Å². The van der Waals surface area contributed by atoms with Gasteiger partial charge in [0, 0.05) is 8.95 Å². The van der Waals surface area contributed by atoms with Crippen LogP contribution < -0.4 is 11.4 Å². The first kappa shape index (κ1) is 9.67. The maximum atomic E-state index is 11.6. The number of hydrogen-bond acceptors (Lipinski definition) is 3. The topological polar surface area (TPSA) is 60.9 Å².